The number of rotatable bonds is 3. The Morgan fingerprint density at radius 1 is 1.14 bits per heavy atom. The van der Waals surface area contributed by atoms with E-state index in [2.05, 4.69) is 42.1 Å². The van der Waals surface area contributed by atoms with Crippen LogP contribution in [0.4, 0.5) is 5.82 Å². The molecule has 2 aromatic heterocycles. The van der Waals surface area contributed by atoms with Crippen molar-refractivity contribution in [3.05, 3.63) is 39.0 Å². The molecule has 3 rings (SSSR count). The minimum atomic E-state index is 0.289. The van der Waals surface area contributed by atoms with Gasteiger partial charge < -0.3 is 5.32 Å². The quantitative estimate of drug-likeness (QED) is 0.842. The Kier molecular flexibility index (Phi) is 4.24. The minimum Gasteiger partial charge on any atom is -0.363 e. The fourth-order valence-electron chi connectivity index (χ4n) is 3.19. The fraction of sp³-hybridized carbons (Fsp3) is 0.529. The summed E-state index contributed by atoms with van der Waals surface area (Å²) >= 11 is 1.87. The van der Waals surface area contributed by atoms with E-state index in [1.54, 1.807) is 6.33 Å². The summed E-state index contributed by atoms with van der Waals surface area (Å²) in [5, 5.41) is 3.62. The maximum absolute atomic E-state index is 4.52. The highest BCUT2D eigenvalue weighted by atomic mass is 32.1. The molecule has 112 valence electrons. The van der Waals surface area contributed by atoms with Crippen LogP contribution in [-0.2, 0) is 12.8 Å². The monoisotopic (exact) mass is 301 g/mol. The predicted octanol–water partition coefficient (Wildman–Crippen LogP) is 4.60. The van der Waals surface area contributed by atoms with E-state index in [1.165, 1.54) is 45.8 Å². The van der Waals surface area contributed by atoms with Gasteiger partial charge in [-0.25, -0.2) is 9.97 Å². The Morgan fingerprint density at radius 3 is 2.71 bits per heavy atom. The molecule has 1 atom stereocenters. The summed E-state index contributed by atoms with van der Waals surface area (Å²) in [5.41, 5.74) is 3.97. The summed E-state index contributed by atoms with van der Waals surface area (Å²) in [7, 11) is 0. The van der Waals surface area contributed by atoms with Crippen LogP contribution in [0.15, 0.2) is 12.4 Å². The maximum Gasteiger partial charge on any atom is 0.133 e. The van der Waals surface area contributed by atoms with Gasteiger partial charge in [-0.1, -0.05) is 6.42 Å². The topological polar surface area (TPSA) is 37.8 Å². The Morgan fingerprint density at radius 2 is 1.95 bits per heavy atom. The third-order valence-corrected chi connectivity index (χ3v) is 5.26. The fourth-order valence-corrected chi connectivity index (χ4v) is 4.21. The van der Waals surface area contributed by atoms with Crippen LogP contribution in [-0.4, -0.2) is 9.97 Å². The number of hydrogen-bond acceptors (Lipinski definition) is 4. The summed E-state index contributed by atoms with van der Waals surface area (Å²) in [6.45, 7) is 6.59. The number of anilines is 1. The second-order valence-electron chi connectivity index (χ2n) is 5.94. The van der Waals surface area contributed by atoms with Gasteiger partial charge in [0.1, 0.15) is 12.1 Å². The van der Waals surface area contributed by atoms with Crippen molar-refractivity contribution in [2.75, 3.05) is 5.32 Å². The molecular weight excluding hydrogens is 278 g/mol. The van der Waals surface area contributed by atoms with E-state index < -0.39 is 0 Å². The highest BCUT2D eigenvalue weighted by molar-refractivity contribution is 7.12. The zero-order valence-electron chi connectivity index (χ0n) is 13.1. The van der Waals surface area contributed by atoms with Gasteiger partial charge >= 0.3 is 0 Å². The predicted molar refractivity (Wildman–Crippen MR) is 89.1 cm³/mol. The number of hydrogen-bond donors (Lipinski definition) is 1. The van der Waals surface area contributed by atoms with Gasteiger partial charge in [-0.05, 0) is 58.1 Å². The molecule has 1 aliphatic rings. The molecule has 0 fully saturated rings. The van der Waals surface area contributed by atoms with E-state index in [-0.39, 0.29) is 6.04 Å². The molecule has 4 heteroatoms. The summed E-state index contributed by atoms with van der Waals surface area (Å²) in [5.74, 6) is 1.04. The first kappa shape index (κ1) is 14.5. The number of aromatic nitrogens is 2. The molecule has 0 amide bonds. The van der Waals surface area contributed by atoms with Crippen molar-refractivity contribution in [2.45, 2.75) is 58.9 Å². The molecule has 1 aliphatic carbocycles. The Labute approximate surface area is 130 Å². The molecule has 21 heavy (non-hydrogen) atoms. The second kappa shape index (κ2) is 6.14. The molecule has 0 radical (unpaired) electrons. The van der Waals surface area contributed by atoms with Crippen molar-refractivity contribution >= 4 is 17.2 Å². The molecule has 0 aromatic carbocycles. The number of nitrogens with one attached hydrogen (secondary N) is 1. The Bertz CT molecular complexity index is 633. The van der Waals surface area contributed by atoms with Gasteiger partial charge in [0, 0.05) is 21.0 Å². The third kappa shape index (κ3) is 3.10. The van der Waals surface area contributed by atoms with Crippen molar-refractivity contribution in [1.29, 1.82) is 0 Å². The summed E-state index contributed by atoms with van der Waals surface area (Å²) in [6, 6.07) is 2.58. The molecule has 2 aromatic rings. The van der Waals surface area contributed by atoms with Crippen LogP contribution in [0.2, 0.25) is 0 Å². The first-order valence-electron chi connectivity index (χ1n) is 7.81. The SMILES string of the molecule is Cc1cc(C(C)Nc2ncnc3c2CCCCC3)c(C)s1. The second-order valence-corrected chi connectivity index (χ2v) is 7.40. The molecule has 1 unspecified atom stereocenters. The highest BCUT2D eigenvalue weighted by Gasteiger charge is 2.17. The lowest BCUT2D eigenvalue weighted by molar-refractivity contribution is 0.708. The van der Waals surface area contributed by atoms with Crippen LogP contribution >= 0.6 is 11.3 Å². The minimum absolute atomic E-state index is 0.289. The van der Waals surface area contributed by atoms with Crippen molar-refractivity contribution in [3.8, 4) is 0 Å². The van der Waals surface area contributed by atoms with Crippen LogP contribution in [0.3, 0.4) is 0 Å². The normalized spacial score (nSPS) is 16.1. The number of fused-ring (bicyclic) bond motifs is 1. The van der Waals surface area contributed by atoms with Crippen LogP contribution in [0.5, 0.6) is 0 Å². The van der Waals surface area contributed by atoms with Gasteiger partial charge in [0.15, 0.2) is 0 Å². The van der Waals surface area contributed by atoms with Gasteiger partial charge in [-0.2, -0.15) is 0 Å². The number of aryl methyl sites for hydroxylation is 3. The molecule has 0 saturated carbocycles. The molecule has 0 spiro atoms. The molecule has 0 aliphatic heterocycles. The van der Waals surface area contributed by atoms with E-state index in [0.717, 1.165) is 18.7 Å². The van der Waals surface area contributed by atoms with E-state index in [0.29, 0.717) is 0 Å². The van der Waals surface area contributed by atoms with Crippen LogP contribution in [0.1, 0.15) is 58.8 Å². The lowest BCUT2D eigenvalue weighted by atomic mass is 10.1. The standard InChI is InChI=1S/C17H23N3S/c1-11-9-15(13(3)21-11)12(2)20-17-14-7-5-4-6-8-16(14)18-10-19-17/h9-10,12H,4-8H2,1-3H3,(H,18,19,20). The molecular formula is C17H23N3S. The van der Waals surface area contributed by atoms with Crippen molar-refractivity contribution in [1.82, 2.24) is 9.97 Å². The van der Waals surface area contributed by atoms with Gasteiger partial charge in [0.2, 0.25) is 0 Å². The summed E-state index contributed by atoms with van der Waals surface area (Å²) in [4.78, 5) is 11.8. The Balaban J connectivity index is 1.86. The van der Waals surface area contributed by atoms with Crippen molar-refractivity contribution in [3.63, 3.8) is 0 Å². The average Bonchev–Trinajstić information content (AvgIpc) is 2.66. The highest BCUT2D eigenvalue weighted by Crippen LogP contribution is 2.30. The van der Waals surface area contributed by atoms with E-state index >= 15 is 0 Å². The van der Waals surface area contributed by atoms with Gasteiger partial charge in [-0.15, -0.1) is 11.3 Å². The number of thiophene rings is 1. The lowest BCUT2D eigenvalue weighted by Crippen LogP contribution is -2.12. The largest absolute Gasteiger partial charge is 0.363 e. The van der Waals surface area contributed by atoms with E-state index in [9.17, 15) is 0 Å². The smallest absolute Gasteiger partial charge is 0.133 e. The van der Waals surface area contributed by atoms with E-state index in [1.807, 2.05) is 11.3 Å². The first-order valence-corrected chi connectivity index (χ1v) is 8.63. The summed E-state index contributed by atoms with van der Waals surface area (Å²) in [6.07, 6.45) is 7.71. The van der Waals surface area contributed by atoms with E-state index in [4.69, 9.17) is 0 Å². The maximum atomic E-state index is 4.52. The van der Waals surface area contributed by atoms with Crippen LogP contribution < -0.4 is 5.32 Å². The van der Waals surface area contributed by atoms with Gasteiger partial charge in [0.25, 0.3) is 0 Å². The molecule has 3 nitrogen and oxygen atoms in total. The zero-order valence-corrected chi connectivity index (χ0v) is 13.9. The summed E-state index contributed by atoms with van der Waals surface area (Å²) < 4.78 is 0. The zero-order chi connectivity index (χ0) is 14.8. The number of nitrogens with zero attached hydrogens (tertiary/aromatic N) is 2. The van der Waals surface area contributed by atoms with Gasteiger partial charge in [-0.3, -0.25) is 0 Å². The molecule has 0 saturated heterocycles. The lowest BCUT2D eigenvalue weighted by Gasteiger charge is -2.18. The van der Waals surface area contributed by atoms with Gasteiger partial charge in [0.05, 0.1) is 6.04 Å². The third-order valence-electron chi connectivity index (χ3n) is 4.27. The van der Waals surface area contributed by atoms with Crippen molar-refractivity contribution in [2.24, 2.45) is 0 Å². The molecule has 2 heterocycles. The Hall–Kier alpha value is -1.42. The first-order chi connectivity index (χ1) is 10.1. The van der Waals surface area contributed by atoms with Crippen molar-refractivity contribution < 1.29 is 0 Å². The average molecular weight is 301 g/mol. The molecule has 1 N–H and O–H groups in total. The van der Waals surface area contributed by atoms with Crippen LogP contribution in [0.25, 0.3) is 0 Å². The van der Waals surface area contributed by atoms with Crippen LogP contribution in [0, 0.1) is 13.8 Å². The molecule has 0 bridgehead atoms.